The fraction of sp³-hybridized carbons (Fsp3) is 0.455. The summed E-state index contributed by atoms with van der Waals surface area (Å²) < 4.78 is 5.02. The number of ether oxygens (including phenoxy) is 1. The minimum absolute atomic E-state index is 0.201. The van der Waals surface area contributed by atoms with Crippen molar-refractivity contribution in [1.29, 1.82) is 5.26 Å². The van der Waals surface area contributed by atoms with Gasteiger partial charge < -0.3 is 4.74 Å². The number of amides is 1. The SMILES string of the molecule is CC(C)(C)OC(=O)NNc1cnc(CC#N)cn1. The molecule has 96 valence electrons. The van der Waals surface area contributed by atoms with E-state index in [2.05, 4.69) is 20.8 Å². The van der Waals surface area contributed by atoms with Crippen LogP contribution in [0.5, 0.6) is 0 Å². The van der Waals surface area contributed by atoms with Gasteiger partial charge in [0.15, 0.2) is 5.82 Å². The highest BCUT2D eigenvalue weighted by molar-refractivity contribution is 5.69. The third-order valence-electron chi connectivity index (χ3n) is 1.66. The number of aromatic nitrogens is 2. The first-order chi connectivity index (χ1) is 8.40. The summed E-state index contributed by atoms with van der Waals surface area (Å²) in [5.74, 6) is 0.363. The third kappa shape index (κ3) is 5.12. The van der Waals surface area contributed by atoms with Crippen molar-refractivity contribution in [2.45, 2.75) is 32.8 Å². The van der Waals surface area contributed by atoms with Crippen LogP contribution in [-0.2, 0) is 11.2 Å². The van der Waals surface area contributed by atoms with Crippen molar-refractivity contribution in [3.8, 4) is 6.07 Å². The quantitative estimate of drug-likeness (QED) is 0.785. The molecule has 0 unspecified atom stereocenters. The average molecular weight is 249 g/mol. The maximum absolute atomic E-state index is 11.3. The molecular formula is C11H15N5O2. The van der Waals surface area contributed by atoms with Crippen molar-refractivity contribution in [3.05, 3.63) is 18.1 Å². The summed E-state index contributed by atoms with van der Waals surface area (Å²) in [6.07, 6.45) is 2.48. The van der Waals surface area contributed by atoms with Gasteiger partial charge in [-0.3, -0.25) is 10.4 Å². The van der Waals surface area contributed by atoms with Crippen LogP contribution in [0.25, 0.3) is 0 Å². The number of hydrogen-bond donors (Lipinski definition) is 2. The predicted molar refractivity (Wildman–Crippen MR) is 64.3 cm³/mol. The van der Waals surface area contributed by atoms with Crippen molar-refractivity contribution >= 4 is 11.9 Å². The normalized spacial score (nSPS) is 10.3. The Balaban J connectivity index is 2.44. The van der Waals surface area contributed by atoms with Crippen LogP contribution in [0.3, 0.4) is 0 Å². The molecule has 0 saturated heterocycles. The van der Waals surface area contributed by atoms with Crippen molar-refractivity contribution < 1.29 is 9.53 Å². The molecule has 0 aliphatic heterocycles. The van der Waals surface area contributed by atoms with E-state index in [1.54, 1.807) is 20.8 Å². The molecule has 1 rings (SSSR count). The number of carbonyl (C=O) groups is 1. The van der Waals surface area contributed by atoms with Gasteiger partial charge in [-0.2, -0.15) is 5.26 Å². The second kappa shape index (κ2) is 5.82. The van der Waals surface area contributed by atoms with Gasteiger partial charge in [-0.1, -0.05) is 0 Å². The van der Waals surface area contributed by atoms with E-state index in [9.17, 15) is 4.79 Å². The molecule has 0 radical (unpaired) electrons. The lowest BCUT2D eigenvalue weighted by molar-refractivity contribution is 0.0541. The molecule has 0 spiro atoms. The van der Waals surface area contributed by atoms with Crippen LogP contribution in [0.2, 0.25) is 0 Å². The minimum Gasteiger partial charge on any atom is -0.443 e. The largest absolute Gasteiger partial charge is 0.443 e. The Bertz CT molecular complexity index is 444. The number of hydrogen-bond acceptors (Lipinski definition) is 6. The van der Waals surface area contributed by atoms with Gasteiger partial charge in [-0.15, -0.1) is 0 Å². The zero-order valence-corrected chi connectivity index (χ0v) is 10.5. The fourth-order valence-electron chi connectivity index (χ4n) is 1.01. The Labute approximate surface area is 105 Å². The van der Waals surface area contributed by atoms with Crippen molar-refractivity contribution in [2.75, 3.05) is 5.43 Å². The van der Waals surface area contributed by atoms with Gasteiger partial charge in [0.1, 0.15) is 5.60 Å². The minimum atomic E-state index is -0.606. The second-order valence-electron chi connectivity index (χ2n) is 4.48. The van der Waals surface area contributed by atoms with Gasteiger partial charge in [0.05, 0.1) is 30.6 Å². The molecule has 7 heteroatoms. The molecule has 0 atom stereocenters. The van der Waals surface area contributed by atoms with E-state index < -0.39 is 11.7 Å². The van der Waals surface area contributed by atoms with E-state index in [1.165, 1.54) is 12.4 Å². The molecule has 2 N–H and O–H groups in total. The summed E-state index contributed by atoms with van der Waals surface area (Å²) in [7, 11) is 0. The van der Waals surface area contributed by atoms with Crippen LogP contribution in [0.15, 0.2) is 12.4 Å². The molecule has 0 aromatic carbocycles. The standard InChI is InChI=1S/C11H15N5O2/c1-11(2,3)18-10(17)16-15-9-7-13-8(4-5-12)6-14-9/h6-7H,4H2,1-3H3,(H,14,15)(H,16,17). The number of hydrazine groups is 1. The zero-order valence-electron chi connectivity index (χ0n) is 10.5. The molecule has 0 aliphatic rings. The summed E-state index contributed by atoms with van der Waals surface area (Å²) >= 11 is 0. The first-order valence-electron chi connectivity index (χ1n) is 5.33. The van der Waals surface area contributed by atoms with E-state index in [0.29, 0.717) is 11.5 Å². The van der Waals surface area contributed by atoms with Gasteiger partial charge >= 0.3 is 6.09 Å². The van der Waals surface area contributed by atoms with Crippen LogP contribution in [0, 0.1) is 11.3 Å². The van der Waals surface area contributed by atoms with Crippen LogP contribution in [0.1, 0.15) is 26.5 Å². The maximum Gasteiger partial charge on any atom is 0.426 e. The van der Waals surface area contributed by atoms with Gasteiger partial charge in [-0.05, 0) is 20.8 Å². The lowest BCUT2D eigenvalue weighted by Gasteiger charge is -2.19. The number of carbonyl (C=O) groups excluding carboxylic acids is 1. The molecule has 1 amide bonds. The Kier molecular flexibility index (Phi) is 4.43. The van der Waals surface area contributed by atoms with Crippen LogP contribution in [0.4, 0.5) is 10.6 Å². The lowest BCUT2D eigenvalue weighted by Crippen LogP contribution is -2.36. The summed E-state index contributed by atoms with van der Waals surface area (Å²) in [5.41, 5.74) is 4.89. The number of nitrogens with zero attached hydrogens (tertiary/aromatic N) is 3. The predicted octanol–water partition coefficient (Wildman–Crippen LogP) is 1.39. The van der Waals surface area contributed by atoms with Crippen LogP contribution in [-0.4, -0.2) is 21.7 Å². The highest BCUT2D eigenvalue weighted by Crippen LogP contribution is 2.06. The summed E-state index contributed by atoms with van der Waals surface area (Å²) in [6.45, 7) is 5.30. The molecular weight excluding hydrogens is 234 g/mol. The molecule has 1 aromatic rings. The van der Waals surface area contributed by atoms with Crippen LogP contribution >= 0.6 is 0 Å². The van der Waals surface area contributed by atoms with Crippen molar-refractivity contribution in [2.24, 2.45) is 0 Å². The number of anilines is 1. The fourth-order valence-corrected chi connectivity index (χ4v) is 1.01. The van der Waals surface area contributed by atoms with Gasteiger partial charge in [0.25, 0.3) is 0 Å². The smallest absolute Gasteiger partial charge is 0.426 e. The number of rotatable bonds is 3. The Hall–Kier alpha value is -2.36. The Morgan fingerprint density at radius 2 is 2.17 bits per heavy atom. The molecule has 0 aliphatic carbocycles. The van der Waals surface area contributed by atoms with Crippen molar-refractivity contribution in [1.82, 2.24) is 15.4 Å². The second-order valence-corrected chi connectivity index (χ2v) is 4.48. The summed E-state index contributed by atoms with van der Waals surface area (Å²) in [6, 6.07) is 1.97. The molecule has 18 heavy (non-hydrogen) atoms. The van der Waals surface area contributed by atoms with Gasteiger partial charge in [0.2, 0.25) is 0 Å². The zero-order chi connectivity index (χ0) is 13.6. The Morgan fingerprint density at radius 3 is 2.67 bits per heavy atom. The summed E-state index contributed by atoms with van der Waals surface area (Å²) in [4.78, 5) is 19.3. The first kappa shape index (κ1) is 13.7. The summed E-state index contributed by atoms with van der Waals surface area (Å²) in [5, 5.41) is 8.47. The Morgan fingerprint density at radius 1 is 1.44 bits per heavy atom. The van der Waals surface area contributed by atoms with Crippen molar-refractivity contribution in [3.63, 3.8) is 0 Å². The van der Waals surface area contributed by atoms with Gasteiger partial charge in [0, 0.05) is 0 Å². The highest BCUT2D eigenvalue weighted by Gasteiger charge is 2.15. The number of nitriles is 1. The number of nitrogens with one attached hydrogen (secondary N) is 2. The van der Waals surface area contributed by atoms with E-state index in [0.717, 1.165) is 0 Å². The highest BCUT2D eigenvalue weighted by atomic mass is 16.6. The lowest BCUT2D eigenvalue weighted by atomic mass is 10.2. The molecule has 0 bridgehead atoms. The maximum atomic E-state index is 11.3. The average Bonchev–Trinajstić information content (AvgIpc) is 2.26. The van der Waals surface area contributed by atoms with Crippen LogP contribution < -0.4 is 10.9 Å². The van der Waals surface area contributed by atoms with E-state index >= 15 is 0 Å². The molecule has 0 saturated carbocycles. The first-order valence-corrected chi connectivity index (χ1v) is 5.33. The van der Waals surface area contributed by atoms with E-state index in [4.69, 9.17) is 10.00 Å². The van der Waals surface area contributed by atoms with Gasteiger partial charge in [-0.25, -0.2) is 15.2 Å². The van der Waals surface area contributed by atoms with E-state index in [-0.39, 0.29) is 6.42 Å². The van der Waals surface area contributed by atoms with E-state index in [1.807, 2.05) is 6.07 Å². The third-order valence-corrected chi connectivity index (χ3v) is 1.66. The topological polar surface area (TPSA) is 99.9 Å². The molecule has 0 fully saturated rings. The molecule has 7 nitrogen and oxygen atoms in total. The molecule has 1 aromatic heterocycles. The molecule has 1 heterocycles. The monoisotopic (exact) mass is 249 g/mol.